The molecule has 1 heterocycles. The quantitative estimate of drug-likeness (QED) is 0.407. The molecule has 0 radical (unpaired) electrons. The second-order valence-corrected chi connectivity index (χ2v) is 9.13. The van der Waals surface area contributed by atoms with Crippen LogP contribution in [0.25, 0.3) is 0 Å². The molecule has 9 heteroatoms. The van der Waals surface area contributed by atoms with Gasteiger partial charge < -0.3 is 9.47 Å². The molecule has 2 aromatic rings. The van der Waals surface area contributed by atoms with E-state index in [2.05, 4.69) is 0 Å². The summed E-state index contributed by atoms with van der Waals surface area (Å²) in [6.07, 6.45) is -0.500. The predicted molar refractivity (Wildman–Crippen MR) is 107 cm³/mol. The summed E-state index contributed by atoms with van der Waals surface area (Å²) in [6.45, 7) is 5.23. The molecule has 0 amide bonds. The maximum absolute atomic E-state index is 13.4. The van der Waals surface area contributed by atoms with Gasteiger partial charge in [0.1, 0.15) is 11.6 Å². The molecule has 1 saturated heterocycles. The SMILES string of the molecule is CC(=O)c1cc(F)ccc1OC(=O)c1cccc(S(=O)(=O)N2C[C@H](C)O[C@@H](C)C2)c1. The van der Waals surface area contributed by atoms with E-state index in [-0.39, 0.29) is 47.1 Å². The van der Waals surface area contributed by atoms with E-state index >= 15 is 0 Å². The Labute approximate surface area is 174 Å². The number of morpholine rings is 1. The lowest BCUT2D eigenvalue weighted by Crippen LogP contribution is -2.48. The normalized spacial score (nSPS) is 20.0. The number of ether oxygens (including phenoxy) is 2. The summed E-state index contributed by atoms with van der Waals surface area (Å²) < 4.78 is 51.6. The summed E-state index contributed by atoms with van der Waals surface area (Å²) in [4.78, 5) is 24.2. The van der Waals surface area contributed by atoms with Gasteiger partial charge in [-0.1, -0.05) is 6.07 Å². The third kappa shape index (κ3) is 4.75. The van der Waals surface area contributed by atoms with Gasteiger partial charge in [-0.25, -0.2) is 17.6 Å². The highest BCUT2D eigenvalue weighted by Crippen LogP contribution is 2.24. The largest absolute Gasteiger partial charge is 0.422 e. The maximum Gasteiger partial charge on any atom is 0.343 e. The molecule has 1 aliphatic heterocycles. The van der Waals surface area contributed by atoms with Crippen molar-refractivity contribution in [1.29, 1.82) is 0 Å². The molecular formula is C21H22FNO6S. The zero-order valence-corrected chi connectivity index (χ0v) is 17.6. The molecule has 7 nitrogen and oxygen atoms in total. The van der Waals surface area contributed by atoms with E-state index in [1.165, 1.54) is 41.6 Å². The average Bonchev–Trinajstić information content (AvgIpc) is 2.68. The van der Waals surface area contributed by atoms with E-state index in [4.69, 9.17) is 9.47 Å². The molecule has 3 rings (SSSR count). The number of halogens is 1. The van der Waals surface area contributed by atoms with Crippen molar-refractivity contribution in [2.24, 2.45) is 0 Å². The summed E-state index contributed by atoms with van der Waals surface area (Å²) in [5.41, 5.74) is -0.0901. The zero-order valence-electron chi connectivity index (χ0n) is 16.8. The first kappa shape index (κ1) is 22.1. The van der Waals surface area contributed by atoms with Crippen molar-refractivity contribution in [3.8, 4) is 5.75 Å². The van der Waals surface area contributed by atoms with Crippen LogP contribution in [0.15, 0.2) is 47.4 Å². The van der Waals surface area contributed by atoms with E-state index in [0.29, 0.717) is 0 Å². The van der Waals surface area contributed by atoms with Crippen LogP contribution in [-0.2, 0) is 14.8 Å². The van der Waals surface area contributed by atoms with Crippen LogP contribution in [0.4, 0.5) is 4.39 Å². The molecule has 0 bridgehead atoms. The Morgan fingerprint density at radius 2 is 1.77 bits per heavy atom. The smallest absolute Gasteiger partial charge is 0.343 e. The number of Topliss-reactive ketones (excluding diaryl/α,β-unsaturated/α-hetero) is 1. The molecule has 0 unspecified atom stereocenters. The summed E-state index contributed by atoms with van der Waals surface area (Å²) in [5.74, 6) is -2.06. The summed E-state index contributed by atoms with van der Waals surface area (Å²) in [7, 11) is -3.84. The van der Waals surface area contributed by atoms with Gasteiger partial charge in [0.25, 0.3) is 0 Å². The lowest BCUT2D eigenvalue weighted by Gasteiger charge is -2.34. The number of hydrogen-bond donors (Lipinski definition) is 0. The molecule has 1 aliphatic rings. The van der Waals surface area contributed by atoms with Crippen LogP contribution in [0.3, 0.4) is 0 Å². The van der Waals surface area contributed by atoms with Gasteiger partial charge in [-0.3, -0.25) is 4.79 Å². The van der Waals surface area contributed by atoms with Crippen molar-refractivity contribution in [1.82, 2.24) is 4.31 Å². The Kier molecular flexibility index (Phi) is 6.35. The van der Waals surface area contributed by atoms with Crippen molar-refractivity contribution in [2.75, 3.05) is 13.1 Å². The molecule has 1 fully saturated rings. The standard InChI is InChI=1S/C21H22FNO6S/c1-13-11-23(12-14(2)28-13)30(26,27)18-6-4-5-16(9-18)21(25)29-20-8-7-17(22)10-19(20)15(3)24/h4-10,13-14H,11-12H2,1-3H3/t13-,14-/m0/s1. The number of hydrogen-bond acceptors (Lipinski definition) is 6. The molecule has 0 aromatic heterocycles. The molecular weight excluding hydrogens is 413 g/mol. The molecule has 0 aliphatic carbocycles. The Morgan fingerprint density at radius 1 is 1.10 bits per heavy atom. The van der Waals surface area contributed by atoms with Gasteiger partial charge in [0.2, 0.25) is 10.0 Å². The second kappa shape index (κ2) is 8.63. The van der Waals surface area contributed by atoms with Crippen LogP contribution in [0, 0.1) is 5.82 Å². The molecule has 30 heavy (non-hydrogen) atoms. The highest BCUT2D eigenvalue weighted by molar-refractivity contribution is 7.89. The number of ketones is 1. The first-order chi connectivity index (χ1) is 14.1. The van der Waals surface area contributed by atoms with Crippen molar-refractivity contribution in [3.63, 3.8) is 0 Å². The van der Waals surface area contributed by atoms with E-state index in [9.17, 15) is 22.4 Å². The van der Waals surface area contributed by atoms with Gasteiger partial charge in [0.15, 0.2) is 5.78 Å². The number of carbonyl (C=O) groups excluding carboxylic acids is 2. The summed E-state index contributed by atoms with van der Waals surface area (Å²) in [6, 6.07) is 8.69. The van der Waals surface area contributed by atoms with E-state index < -0.39 is 27.6 Å². The first-order valence-corrected chi connectivity index (χ1v) is 10.8. The lowest BCUT2D eigenvalue weighted by atomic mass is 10.1. The first-order valence-electron chi connectivity index (χ1n) is 9.36. The zero-order chi connectivity index (χ0) is 22.1. The van der Waals surface area contributed by atoms with Crippen LogP contribution < -0.4 is 4.74 Å². The number of esters is 1. The summed E-state index contributed by atoms with van der Waals surface area (Å²) >= 11 is 0. The van der Waals surface area contributed by atoms with Crippen molar-refractivity contribution in [3.05, 3.63) is 59.4 Å². The Balaban J connectivity index is 1.87. The fourth-order valence-electron chi connectivity index (χ4n) is 3.28. The topological polar surface area (TPSA) is 90.0 Å². The highest BCUT2D eigenvalue weighted by Gasteiger charge is 2.32. The van der Waals surface area contributed by atoms with Crippen LogP contribution in [0.5, 0.6) is 5.75 Å². The number of benzene rings is 2. The van der Waals surface area contributed by atoms with Gasteiger partial charge in [-0.2, -0.15) is 4.31 Å². The Morgan fingerprint density at radius 3 is 2.40 bits per heavy atom. The molecule has 0 N–H and O–H groups in total. The van der Waals surface area contributed by atoms with E-state index in [1.54, 1.807) is 13.8 Å². The number of carbonyl (C=O) groups is 2. The molecule has 2 atom stereocenters. The minimum absolute atomic E-state index is 0.00995. The van der Waals surface area contributed by atoms with Crippen molar-refractivity contribution >= 4 is 21.8 Å². The molecule has 160 valence electrons. The maximum atomic E-state index is 13.4. The molecule has 0 spiro atoms. The van der Waals surface area contributed by atoms with Gasteiger partial charge in [0.05, 0.1) is 28.2 Å². The van der Waals surface area contributed by atoms with Crippen LogP contribution >= 0.6 is 0 Å². The van der Waals surface area contributed by atoms with Gasteiger partial charge >= 0.3 is 5.97 Å². The van der Waals surface area contributed by atoms with Crippen molar-refractivity contribution < 1.29 is 31.9 Å². The third-order valence-electron chi connectivity index (χ3n) is 4.62. The lowest BCUT2D eigenvalue weighted by molar-refractivity contribution is -0.0440. The second-order valence-electron chi connectivity index (χ2n) is 7.19. The molecule has 2 aromatic carbocycles. The van der Waals surface area contributed by atoms with E-state index in [1.807, 2.05) is 0 Å². The predicted octanol–water partition coefficient (Wildman–Crippen LogP) is 3.05. The van der Waals surface area contributed by atoms with Crippen LogP contribution in [0.1, 0.15) is 41.5 Å². The summed E-state index contributed by atoms with van der Waals surface area (Å²) in [5, 5.41) is 0. The number of rotatable bonds is 5. The minimum atomic E-state index is -3.84. The Bertz CT molecular complexity index is 1070. The van der Waals surface area contributed by atoms with E-state index in [0.717, 1.165) is 12.1 Å². The van der Waals surface area contributed by atoms with Crippen LogP contribution in [-0.4, -0.2) is 49.8 Å². The van der Waals surface area contributed by atoms with Crippen LogP contribution in [0.2, 0.25) is 0 Å². The fraction of sp³-hybridized carbons (Fsp3) is 0.333. The highest BCUT2D eigenvalue weighted by atomic mass is 32.2. The van der Waals surface area contributed by atoms with Gasteiger partial charge in [0, 0.05) is 13.1 Å². The molecule has 0 saturated carbocycles. The minimum Gasteiger partial charge on any atom is -0.422 e. The van der Waals surface area contributed by atoms with Crippen molar-refractivity contribution in [2.45, 2.75) is 37.9 Å². The number of nitrogens with zero attached hydrogens (tertiary/aromatic N) is 1. The monoisotopic (exact) mass is 435 g/mol. The fourth-order valence-corrected chi connectivity index (χ4v) is 4.92. The third-order valence-corrected chi connectivity index (χ3v) is 6.44. The average molecular weight is 435 g/mol. The Hall–Kier alpha value is -2.62. The number of sulfonamides is 1. The van der Waals surface area contributed by atoms with Gasteiger partial charge in [-0.15, -0.1) is 0 Å². The van der Waals surface area contributed by atoms with Gasteiger partial charge in [-0.05, 0) is 57.2 Å².